The highest BCUT2D eigenvalue weighted by molar-refractivity contribution is 6.31. The Morgan fingerprint density at radius 3 is 2.54 bits per heavy atom. The Labute approximate surface area is 175 Å². The zero-order valence-electron chi connectivity index (χ0n) is 19.8. The van der Waals surface area contributed by atoms with E-state index in [-0.39, 0.29) is 5.75 Å². The highest BCUT2D eigenvalue weighted by atomic mass is 35.5. The van der Waals surface area contributed by atoms with E-state index in [9.17, 15) is 20.4 Å². The molecule has 0 amide bonds. The van der Waals surface area contributed by atoms with Crippen LogP contribution in [-0.4, -0.2) is 58.0 Å². The van der Waals surface area contributed by atoms with Gasteiger partial charge in [0.1, 0.15) is 36.3 Å². The first-order valence-corrected chi connectivity index (χ1v) is 9.08. The normalized spacial score (nSPS) is 31.2. The summed E-state index contributed by atoms with van der Waals surface area (Å²) in [7, 11) is 0. The molecule has 1 saturated heterocycles. The van der Waals surface area contributed by atoms with Gasteiger partial charge in [0.15, 0.2) is 0 Å². The molecule has 3 rings (SSSR count). The highest BCUT2D eigenvalue weighted by Gasteiger charge is 2.43. The lowest BCUT2D eigenvalue weighted by Crippen LogP contribution is -2.55. The van der Waals surface area contributed by atoms with Gasteiger partial charge in [-0.2, -0.15) is 0 Å². The Hall–Kier alpha value is -1.67. The van der Waals surface area contributed by atoms with E-state index >= 15 is 0 Å². The van der Waals surface area contributed by atoms with Crippen LogP contribution in [0.15, 0.2) is 42.5 Å². The monoisotopic (exact) mass is 413 g/mol. The fourth-order valence-corrected chi connectivity index (χ4v) is 3.42. The van der Waals surface area contributed by atoms with Crippen LogP contribution in [0.4, 0.5) is 0 Å². The molecular formula is C21H25ClO6. The maximum Gasteiger partial charge on any atom is 0.119 e. The molecule has 0 spiro atoms. The van der Waals surface area contributed by atoms with Crippen molar-refractivity contribution in [2.24, 2.45) is 0 Å². The van der Waals surface area contributed by atoms with Gasteiger partial charge in [-0.25, -0.2) is 0 Å². The van der Waals surface area contributed by atoms with Crippen LogP contribution < -0.4 is 4.74 Å². The Kier molecular flexibility index (Phi) is 5.01. The number of halogens is 1. The lowest BCUT2D eigenvalue weighted by atomic mass is 9.90. The summed E-state index contributed by atoms with van der Waals surface area (Å²) in [4.78, 5) is 0. The molecule has 28 heavy (non-hydrogen) atoms. The molecule has 0 aromatic heterocycles. The highest BCUT2D eigenvalue weighted by Crippen LogP contribution is 2.34. The Morgan fingerprint density at radius 2 is 1.86 bits per heavy atom. The molecule has 0 saturated carbocycles. The summed E-state index contributed by atoms with van der Waals surface area (Å²) in [6.45, 7) is -6.31. The first kappa shape index (κ1) is 15.2. The third kappa shape index (κ3) is 4.49. The molecule has 1 fully saturated rings. The van der Waals surface area contributed by atoms with Crippen molar-refractivity contribution >= 4 is 11.6 Å². The van der Waals surface area contributed by atoms with Gasteiger partial charge in [-0.05, 0) is 48.2 Å². The van der Waals surface area contributed by atoms with Gasteiger partial charge in [-0.3, -0.25) is 0 Å². The topological polar surface area (TPSA) is 99.4 Å². The van der Waals surface area contributed by atoms with Crippen molar-refractivity contribution < 1.29 is 36.8 Å². The van der Waals surface area contributed by atoms with Crippen LogP contribution in [0, 0.1) is 0 Å². The molecule has 6 nitrogen and oxygen atoms in total. The smallest absolute Gasteiger partial charge is 0.119 e. The molecule has 2 aromatic rings. The lowest BCUT2D eigenvalue weighted by Gasteiger charge is -2.40. The third-order valence-corrected chi connectivity index (χ3v) is 5.15. The van der Waals surface area contributed by atoms with Crippen LogP contribution in [0.1, 0.15) is 36.5 Å². The number of rotatable bonds is 6. The van der Waals surface area contributed by atoms with Crippen LogP contribution in [-0.2, 0) is 11.2 Å². The van der Waals surface area contributed by atoms with E-state index in [1.165, 1.54) is 12.1 Å². The molecule has 1 aliphatic rings. The van der Waals surface area contributed by atoms with E-state index in [0.29, 0.717) is 22.6 Å². The Morgan fingerprint density at radius 1 is 1.11 bits per heavy atom. The van der Waals surface area contributed by atoms with Crippen molar-refractivity contribution in [1.82, 2.24) is 0 Å². The quantitative estimate of drug-likeness (QED) is 0.576. The molecule has 1 aliphatic heterocycles. The van der Waals surface area contributed by atoms with Crippen molar-refractivity contribution in [2.75, 3.05) is 13.2 Å². The van der Waals surface area contributed by atoms with E-state index < -0.39 is 50.5 Å². The summed E-state index contributed by atoms with van der Waals surface area (Å²) in [5.74, 6) is 0.0565. The second-order valence-electron chi connectivity index (χ2n) is 6.63. The summed E-state index contributed by atoms with van der Waals surface area (Å²) in [6.07, 6.45) is -6.04. The Balaban J connectivity index is 1.78. The molecule has 0 unspecified atom stereocenters. The van der Waals surface area contributed by atoms with Crippen LogP contribution in [0.2, 0.25) is 5.02 Å². The second-order valence-corrected chi connectivity index (χ2v) is 7.03. The minimum atomic E-state index is -2.94. The van der Waals surface area contributed by atoms with Crippen molar-refractivity contribution in [3.05, 3.63) is 64.2 Å². The summed E-state index contributed by atoms with van der Waals surface area (Å²) in [5, 5.41) is 40.2. The fraction of sp³-hybridized carbons (Fsp3) is 0.429. The lowest BCUT2D eigenvalue weighted by molar-refractivity contribution is -0.231. The van der Waals surface area contributed by atoms with E-state index in [1.807, 2.05) is 0 Å². The predicted octanol–water partition coefficient (Wildman–Crippen LogP) is 1.84. The molecule has 7 heteroatoms. The first-order chi connectivity index (χ1) is 15.3. The second kappa shape index (κ2) is 9.22. The van der Waals surface area contributed by atoms with Gasteiger partial charge >= 0.3 is 0 Å². The number of ether oxygens (including phenoxy) is 2. The summed E-state index contributed by atoms with van der Waals surface area (Å²) < 4.78 is 47.3. The number of hydrogen-bond donors (Lipinski definition) is 4. The number of hydrogen-bond acceptors (Lipinski definition) is 6. The molecule has 1 heterocycles. The van der Waals surface area contributed by atoms with Crippen LogP contribution in [0.5, 0.6) is 5.75 Å². The van der Waals surface area contributed by atoms with Crippen molar-refractivity contribution in [2.45, 2.75) is 43.8 Å². The van der Waals surface area contributed by atoms with E-state index in [2.05, 4.69) is 0 Å². The fourth-order valence-electron chi connectivity index (χ4n) is 3.24. The van der Waals surface area contributed by atoms with E-state index in [4.69, 9.17) is 27.9 Å². The van der Waals surface area contributed by atoms with Crippen molar-refractivity contribution in [3.63, 3.8) is 0 Å². The third-order valence-electron chi connectivity index (χ3n) is 4.78. The molecular weight excluding hydrogens is 384 g/mol. The van der Waals surface area contributed by atoms with Crippen LogP contribution in [0.25, 0.3) is 0 Å². The largest absolute Gasteiger partial charge is 0.494 e. The molecule has 4 N–H and O–H groups in total. The molecule has 152 valence electrons. The van der Waals surface area contributed by atoms with Gasteiger partial charge in [-0.1, -0.05) is 35.9 Å². The van der Waals surface area contributed by atoms with E-state index in [0.717, 1.165) is 5.56 Å². The van der Waals surface area contributed by atoms with E-state index in [1.54, 1.807) is 30.3 Å². The average Bonchev–Trinajstić information content (AvgIpc) is 2.74. The zero-order valence-corrected chi connectivity index (χ0v) is 15.6. The molecule has 5 atom stereocenters. The van der Waals surface area contributed by atoms with Crippen molar-refractivity contribution in [1.29, 1.82) is 0 Å². The maximum absolute atomic E-state index is 10.4. The van der Waals surface area contributed by atoms with Gasteiger partial charge in [-0.15, -0.1) is 0 Å². The molecule has 0 aliphatic carbocycles. The number of benzene rings is 2. The van der Waals surface area contributed by atoms with Gasteiger partial charge in [0.05, 0.1) is 15.9 Å². The number of aliphatic hydroxyl groups is 4. The minimum Gasteiger partial charge on any atom is -0.494 e. The summed E-state index contributed by atoms with van der Waals surface area (Å²) in [6, 6.07) is 11.1. The van der Waals surface area contributed by atoms with Crippen molar-refractivity contribution in [3.8, 4) is 5.75 Å². The maximum atomic E-state index is 10.4. The van der Waals surface area contributed by atoms with Crippen LogP contribution in [0.3, 0.4) is 0 Å². The average molecular weight is 414 g/mol. The summed E-state index contributed by atoms with van der Waals surface area (Å²) in [5.41, 5.74) is 1.93. The predicted molar refractivity (Wildman–Crippen MR) is 105 cm³/mol. The van der Waals surface area contributed by atoms with Crippen LogP contribution >= 0.6 is 11.6 Å². The summed E-state index contributed by atoms with van der Waals surface area (Å²) >= 11 is 6.33. The first-order valence-electron chi connectivity index (χ1n) is 11.2. The van der Waals surface area contributed by atoms with Gasteiger partial charge in [0.2, 0.25) is 0 Å². The number of aliphatic hydroxyl groups excluding tert-OH is 4. The minimum absolute atomic E-state index is 0.0565. The van der Waals surface area contributed by atoms with Gasteiger partial charge in [0, 0.05) is 9.13 Å². The Bertz CT molecular complexity index is 953. The van der Waals surface area contributed by atoms with Gasteiger partial charge in [0.25, 0.3) is 0 Å². The molecule has 0 radical (unpaired) electrons. The van der Waals surface area contributed by atoms with Gasteiger partial charge < -0.3 is 29.9 Å². The zero-order chi connectivity index (χ0) is 24.6. The molecule has 2 aromatic carbocycles. The molecule has 0 bridgehead atoms. The standard InChI is InChI=1S/C21H25ClO6/c1-2-27-15-6-3-12(4-7-15)9-14-10-13(5-8-16(14)22)21-20(26)19(25)18(24)17(11-23)28-21/h3-8,10,17-21,23-26H,2,9,11H2,1H3/t17-,18-,19+,20-,21+/m1/s1/i1D3,2D2. The SMILES string of the molecule is [2H]C([2H])([2H])C([2H])([2H])Oc1ccc(Cc2cc([C@@H]3O[C@H](CO)[C@@H](O)[C@H](O)[C@H]3O)ccc2Cl)cc1.